The van der Waals surface area contributed by atoms with Crippen LogP contribution >= 0.6 is 0 Å². The highest BCUT2D eigenvalue weighted by molar-refractivity contribution is 7.89. The Hall–Kier alpha value is -2.18. The van der Waals surface area contributed by atoms with Crippen LogP contribution in [0.15, 0.2) is 53.4 Å². The van der Waals surface area contributed by atoms with Crippen LogP contribution < -0.4 is 10.0 Å². The fourth-order valence-electron chi connectivity index (χ4n) is 2.87. The van der Waals surface area contributed by atoms with Gasteiger partial charge in [0.15, 0.2) is 0 Å². The zero-order valence-corrected chi connectivity index (χ0v) is 15.8. The Bertz CT molecular complexity index is 891. The monoisotopic (exact) mass is 372 g/mol. The summed E-state index contributed by atoms with van der Waals surface area (Å²) in [6.07, 6.45) is 2.27. The fourth-order valence-corrected chi connectivity index (χ4v) is 3.91. The molecule has 1 aliphatic carbocycles. The van der Waals surface area contributed by atoms with Crippen molar-refractivity contribution >= 4 is 15.9 Å². The lowest BCUT2D eigenvalue weighted by atomic mass is 10.1. The lowest BCUT2D eigenvalue weighted by molar-refractivity contribution is 0.0935. The van der Waals surface area contributed by atoms with Gasteiger partial charge in [0, 0.05) is 18.2 Å². The predicted octanol–water partition coefficient (Wildman–Crippen LogP) is 3.00. The molecule has 0 aromatic heterocycles. The molecule has 0 saturated heterocycles. The van der Waals surface area contributed by atoms with E-state index in [9.17, 15) is 13.2 Å². The van der Waals surface area contributed by atoms with Gasteiger partial charge < -0.3 is 5.32 Å². The summed E-state index contributed by atoms with van der Waals surface area (Å²) in [4.78, 5) is 12.6. The number of rotatable bonds is 7. The molecule has 2 aromatic carbocycles. The molecule has 6 heteroatoms. The van der Waals surface area contributed by atoms with E-state index < -0.39 is 10.0 Å². The third-order valence-electron chi connectivity index (χ3n) is 4.76. The number of hydrogen-bond donors (Lipinski definition) is 2. The van der Waals surface area contributed by atoms with Gasteiger partial charge >= 0.3 is 0 Å². The Balaban J connectivity index is 1.75. The maximum absolute atomic E-state index is 12.6. The third-order valence-corrected chi connectivity index (χ3v) is 6.16. The molecule has 2 N–H and O–H groups in total. The standard InChI is InChI=1S/C20H24N2O3S/c1-14-8-11-18(12-19(14)20(23)22-15(2)17-9-10-17)26(24,25)21-13-16-6-4-3-5-7-16/h3-8,11-12,15,17,21H,9-10,13H2,1-2H3,(H,22,23). The van der Waals surface area contributed by atoms with Crippen molar-refractivity contribution in [2.45, 2.75) is 44.2 Å². The summed E-state index contributed by atoms with van der Waals surface area (Å²) in [7, 11) is -3.69. The van der Waals surface area contributed by atoms with Gasteiger partial charge in [-0.25, -0.2) is 13.1 Å². The highest BCUT2D eigenvalue weighted by atomic mass is 32.2. The lowest BCUT2D eigenvalue weighted by Gasteiger charge is -2.15. The number of carbonyl (C=O) groups is 1. The molecule has 1 fully saturated rings. The molecule has 1 atom stereocenters. The molecule has 1 amide bonds. The summed E-state index contributed by atoms with van der Waals surface area (Å²) in [5.74, 6) is 0.320. The number of amides is 1. The van der Waals surface area contributed by atoms with E-state index in [1.165, 1.54) is 12.1 Å². The van der Waals surface area contributed by atoms with E-state index in [0.29, 0.717) is 11.5 Å². The van der Waals surface area contributed by atoms with Gasteiger partial charge in [-0.05, 0) is 55.9 Å². The summed E-state index contributed by atoms with van der Waals surface area (Å²) in [6, 6.07) is 14.1. The molecule has 0 spiro atoms. The largest absolute Gasteiger partial charge is 0.349 e. The highest BCUT2D eigenvalue weighted by Crippen LogP contribution is 2.32. The molecular formula is C20H24N2O3S. The minimum Gasteiger partial charge on any atom is -0.349 e. The van der Waals surface area contributed by atoms with Crippen LogP contribution in [0.4, 0.5) is 0 Å². The van der Waals surface area contributed by atoms with Crippen LogP contribution in [-0.4, -0.2) is 20.4 Å². The van der Waals surface area contributed by atoms with Gasteiger partial charge in [0.2, 0.25) is 10.0 Å². The maximum atomic E-state index is 12.6. The van der Waals surface area contributed by atoms with Crippen molar-refractivity contribution in [1.82, 2.24) is 10.0 Å². The second-order valence-corrected chi connectivity index (χ2v) is 8.65. The fraction of sp³-hybridized carbons (Fsp3) is 0.350. The Morgan fingerprint density at radius 1 is 1.15 bits per heavy atom. The van der Waals surface area contributed by atoms with Crippen LogP contribution in [0.5, 0.6) is 0 Å². The van der Waals surface area contributed by atoms with Gasteiger partial charge in [-0.1, -0.05) is 36.4 Å². The van der Waals surface area contributed by atoms with Crippen LogP contribution in [0, 0.1) is 12.8 Å². The Morgan fingerprint density at radius 3 is 2.50 bits per heavy atom. The Kier molecular flexibility index (Phi) is 5.44. The minimum atomic E-state index is -3.69. The number of carbonyl (C=O) groups excluding carboxylic acids is 1. The van der Waals surface area contributed by atoms with Gasteiger partial charge in [0.1, 0.15) is 0 Å². The van der Waals surface area contributed by atoms with Gasteiger partial charge in [0.25, 0.3) is 5.91 Å². The van der Waals surface area contributed by atoms with Crippen LogP contribution in [-0.2, 0) is 16.6 Å². The van der Waals surface area contributed by atoms with Crippen molar-refractivity contribution < 1.29 is 13.2 Å². The summed E-state index contributed by atoms with van der Waals surface area (Å²) >= 11 is 0. The molecule has 1 unspecified atom stereocenters. The smallest absolute Gasteiger partial charge is 0.251 e. The van der Waals surface area contributed by atoms with Crippen LogP contribution in [0.3, 0.4) is 0 Å². The molecule has 1 aliphatic rings. The molecule has 0 bridgehead atoms. The van der Waals surface area contributed by atoms with E-state index >= 15 is 0 Å². The second kappa shape index (κ2) is 7.60. The van der Waals surface area contributed by atoms with Gasteiger partial charge in [-0.2, -0.15) is 0 Å². The summed E-state index contributed by atoms with van der Waals surface area (Å²) < 4.78 is 27.8. The van der Waals surface area contributed by atoms with E-state index in [-0.39, 0.29) is 23.4 Å². The van der Waals surface area contributed by atoms with E-state index in [0.717, 1.165) is 24.0 Å². The van der Waals surface area contributed by atoms with Crippen molar-refractivity contribution in [3.05, 3.63) is 65.2 Å². The van der Waals surface area contributed by atoms with Gasteiger partial charge in [0.05, 0.1) is 4.90 Å². The molecular weight excluding hydrogens is 348 g/mol. The molecule has 2 aromatic rings. The first-order chi connectivity index (χ1) is 12.4. The summed E-state index contributed by atoms with van der Waals surface area (Å²) in [5, 5.41) is 2.98. The number of aryl methyl sites for hydroxylation is 1. The molecule has 26 heavy (non-hydrogen) atoms. The van der Waals surface area contributed by atoms with Crippen LogP contribution in [0.1, 0.15) is 41.3 Å². The van der Waals surface area contributed by atoms with Crippen molar-refractivity contribution in [2.75, 3.05) is 0 Å². The first kappa shape index (κ1) is 18.6. The summed E-state index contributed by atoms with van der Waals surface area (Å²) in [5.41, 5.74) is 2.03. The average Bonchev–Trinajstić information content (AvgIpc) is 3.46. The molecule has 138 valence electrons. The van der Waals surface area contributed by atoms with Crippen molar-refractivity contribution in [3.8, 4) is 0 Å². The maximum Gasteiger partial charge on any atom is 0.251 e. The van der Waals surface area contributed by atoms with E-state index in [1.807, 2.05) is 44.2 Å². The SMILES string of the molecule is Cc1ccc(S(=O)(=O)NCc2ccccc2)cc1C(=O)NC(C)C1CC1. The Morgan fingerprint density at radius 2 is 1.85 bits per heavy atom. The third kappa shape index (κ3) is 4.51. The molecule has 1 saturated carbocycles. The minimum absolute atomic E-state index is 0.100. The number of benzene rings is 2. The molecule has 0 radical (unpaired) electrons. The Labute approximate surface area is 154 Å². The average molecular weight is 372 g/mol. The molecule has 5 nitrogen and oxygen atoms in total. The van der Waals surface area contributed by atoms with E-state index in [1.54, 1.807) is 6.07 Å². The van der Waals surface area contributed by atoms with Crippen LogP contribution in [0.25, 0.3) is 0 Å². The van der Waals surface area contributed by atoms with Gasteiger partial charge in [-0.3, -0.25) is 4.79 Å². The zero-order valence-electron chi connectivity index (χ0n) is 15.0. The number of sulfonamides is 1. The van der Waals surface area contributed by atoms with Gasteiger partial charge in [-0.15, -0.1) is 0 Å². The quantitative estimate of drug-likeness (QED) is 0.784. The number of nitrogens with one attached hydrogen (secondary N) is 2. The topological polar surface area (TPSA) is 75.3 Å². The first-order valence-corrected chi connectivity index (χ1v) is 10.3. The van der Waals surface area contributed by atoms with E-state index in [2.05, 4.69) is 10.0 Å². The highest BCUT2D eigenvalue weighted by Gasteiger charge is 2.29. The molecule has 0 heterocycles. The van der Waals surface area contributed by atoms with Crippen LogP contribution in [0.2, 0.25) is 0 Å². The lowest BCUT2D eigenvalue weighted by Crippen LogP contribution is -2.34. The predicted molar refractivity (Wildman–Crippen MR) is 101 cm³/mol. The number of hydrogen-bond acceptors (Lipinski definition) is 3. The van der Waals surface area contributed by atoms with E-state index in [4.69, 9.17) is 0 Å². The van der Waals surface area contributed by atoms with Crippen molar-refractivity contribution in [3.63, 3.8) is 0 Å². The van der Waals surface area contributed by atoms with Crippen molar-refractivity contribution in [1.29, 1.82) is 0 Å². The normalized spacial score (nSPS) is 15.5. The molecule has 3 rings (SSSR count). The molecule has 0 aliphatic heterocycles. The second-order valence-electron chi connectivity index (χ2n) is 6.89. The first-order valence-electron chi connectivity index (χ1n) is 8.82. The summed E-state index contributed by atoms with van der Waals surface area (Å²) in [6.45, 7) is 4.01. The van der Waals surface area contributed by atoms with Crippen molar-refractivity contribution in [2.24, 2.45) is 5.92 Å². The zero-order chi connectivity index (χ0) is 18.7.